The van der Waals surface area contributed by atoms with E-state index in [4.69, 9.17) is 0 Å². The van der Waals surface area contributed by atoms with Gasteiger partial charge in [0.1, 0.15) is 19.4 Å². The highest BCUT2D eigenvalue weighted by atomic mass is 79.9. The van der Waals surface area contributed by atoms with Crippen LogP contribution in [0, 0.1) is 0 Å². The van der Waals surface area contributed by atoms with Crippen molar-refractivity contribution in [2.45, 2.75) is 19.4 Å². The van der Waals surface area contributed by atoms with E-state index in [0.29, 0.717) is 5.33 Å². The van der Waals surface area contributed by atoms with E-state index in [1.54, 1.807) is 0 Å². The quantitative estimate of drug-likeness (QED) is 0.253. The molecule has 0 atom stereocenters. The van der Waals surface area contributed by atoms with Gasteiger partial charge in [-0.25, -0.2) is 0 Å². The molecule has 0 aliphatic rings. The molecule has 0 amide bonds. The summed E-state index contributed by atoms with van der Waals surface area (Å²) in [6, 6.07) is 0. The normalized spacial score (nSPS) is 16.1. The lowest BCUT2D eigenvalue weighted by Crippen LogP contribution is -2.65. The minimum absolute atomic E-state index is 0.206. The van der Waals surface area contributed by atoms with Crippen molar-refractivity contribution in [3.8, 4) is 0 Å². The molecule has 0 fully saturated rings. The Morgan fingerprint density at radius 3 is 1.00 bits per heavy atom. The Morgan fingerprint density at radius 2 is 0.773 bits per heavy atom. The Labute approximate surface area is 238 Å². The standard InChI is InChI=1S/C8H5Br13O/c9-1-3(10,11)5(14,15)7(18,19)8(20,21)6(16,17)4(12,13)2-22/h22H,1-2H2. The second-order valence-corrected chi connectivity index (χ2v) is 25.9. The molecule has 0 spiro atoms. The molecule has 0 aromatic heterocycles. The first-order valence-corrected chi connectivity index (χ1v) is 15.4. The lowest BCUT2D eigenvalue weighted by molar-refractivity contribution is 0.282. The molecule has 0 saturated carbocycles. The first-order valence-electron chi connectivity index (χ1n) is 4.81. The van der Waals surface area contributed by atoms with E-state index in [0.717, 1.165) is 0 Å². The Bertz CT molecular complexity index is 363. The van der Waals surface area contributed by atoms with E-state index < -0.39 is 19.4 Å². The summed E-state index contributed by atoms with van der Waals surface area (Å²) in [6.07, 6.45) is 0. The zero-order valence-corrected chi connectivity index (χ0v) is 30.4. The van der Waals surface area contributed by atoms with Crippen LogP contribution in [-0.4, -0.2) is 36.4 Å². The Morgan fingerprint density at radius 1 is 0.500 bits per heavy atom. The first kappa shape index (κ1) is 28.2. The Kier molecular flexibility index (Phi) is 12.3. The van der Waals surface area contributed by atoms with Crippen LogP contribution >= 0.6 is 207 Å². The van der Waals surface area contributed by atoms with E-state index in [1.807, 2.05) is 0 Å². The van der Waals surface area contributed by atoms with Crippen LogP contribution < -0.4 is 0 Å². The van der Waals surface area contributed by atoms with Gasteiger partial charge in [0.05, 0.1) is 6.61 Å². The number of rotatable bonds is 7. The SMILES string of the molecule is OCC(Br)(Br)C(Br)(Br)C(Br)(Br)C(Br)(Br)C(Br)(Br)C(Br)(Br)CBr. The highest BCUT2D eigenvalue weighted by molar-refractivity contribution is 9.36. The van der Waals surface area contributed by atoms with Crippen LogP contribution in [0.15, 0.2) is 0 Å². The topological polar surface area (TPSA) is 20.2 Å². The van der Waals surface area contributed by atoms with E-state index in [2.05, 4.69) is 207 Å². The van der Waals surface area contributed by atoms with Crippen LogP contribution in [0.1, 0.15) is 0 Å². The van der Waals surface area contributed by atoms with Gasteiger partial charge >= 0.3 is 0 Å². The van der Waals surface area contributed by atoms with Crippen LogP contribution in [0.4, 0.5) is 0 Å². The number of aliphatic hydroxyl groups excluding tert-OH is 1. The van der Waals surface area contributed by atoms with Crippen molar-refractivity contribution in [2.24, 2.45) is 0 Å². The largest absolute Gasteiger partial charge is 0.394 e. The van der Waals surface area contributed by atoms with E-state index in [9.17, 15) is 5.11 Å². The highest BCUT2D eigenvalue weighted by Crippen LogP contribution is 2.73. The third-order valence-electron chi connectivity index (χ3n) is 2.47. The van der Waals surface area contributed by atoms with Crippen LogP contribution in [-0.2, 0) is 0 Å². The smallest absolute Gasteiger partial charge is 0.135 e. The van der Waals surface area contributed by atoms with Gasteiger partial charge in [-0.2, -0.15) is 0 Å². The summed E-state index contributed by atoms with van der Waals surface area (Å²) in [6.45, 7) is -0.206. The molecule has 0 heterocycles. The maximum atomic E-state index is 9.69. The van der Waals surface area contributed by atoms with Gasteiger partial charge in [0, 0.05) is 5.33 Å². The first-order chi connectivity index (χ1) is 9.37. The molecule has 0 unspecified atom stereocenters. The number of halogens is 13. The maximum absolute atomic E-state index is 9.69. The molecular weight excluding hydrogens is 1150 g/mol. The fourth-order valence-corrected chi connectivity index (χ4v) is 11.9. The van der Waals surface area contributed by atoms with E-state index >= 15 is 0 Å². The molecule has 0 radical (unpaired) electrons. The molecule has 0 rings (SSSR count). The fraction of sp³-hybridized carbons (Fsp3) is 1.00. The highest BCUT2D eigenvalue weighted by Gasteiger charge is 2.72. The molecule has 134 valence electrons. The summed E-state index contributed by atoms with van der Waals surface area (Å²) in [7, 11) is 0. The summed E-state index contributed by atoms with van der Waals surface area (Å²) in [5, 5.41) is 10.3. The molecule has 0 aromatic carbocycles. The van der Waals surface area contributed by atoms with Gasteiger partial charge in [-0.3, -0.25) is 0 Å². The average Bonchev–Trinajstić information content (AvgIpc) is 2.37. The van der Waals surface area contributed by atoms with Crippen LogP contribution in [0.5, 0.6) is 0 Å². The van der Waals surface area contributed by atoms with Gasteiger partial charge in [0.15, 0.2) is 0 Å². The summed E-state index contributed by atoms with van der Waals surface area (Å²) in [5.74, 6) is 0. The molecule has 0 aliphatic carbocycles. The molecular formula is C8H5Br13O. The summed E-state index contributed by atoms with van der Waals surface area (Å²) >= 11 is 47.2. The molecule has 0 bridgehead atoms. The third kappa shape index (κ3) is 5.09. The predicted octanol–water partition coefficient (Wildman–Crippen LogP) is 9.29. The van der Waals surface area contributed by atoms with E-state index in [-0.39, 0.29) is 6.61 Å². The van der Waals surface area contributed by atoms with Gasteiger partial charge in [-0.1, -0.05) is 207 Å². The zero-order chi connectivity index (χ0) is 18.4. The van der Waals surface area contributed by atoms with Crippen molar-refractivity contribution < 1.29 is 5.11 Å². The second-order valence-electron chi connectivity index (χ2n) is 4.00. The lowest BCUT2D eigenvalue weighted by Gasteiger charge is -2.54. The van der Waals surface area contributed by atoms with Gasteiger partial charge in [0.25, 0.3) is 0 Å². The Balaban J connectivity index is 6.19. The van der Waals surface area contributed by atoms with Gasteiger partial charge < -0.3 is 5.11 Å². The third-order valence-corrected chi connectivity index (χ3v) is 28.7. The number of hydrogen-bond donors (Lipinski definition) is 1. The van der Waals surface area contributed by atoms with Crippen molar-refractivity contribution in [3.63, 3.8) is 0 Å². The van der Waals surface area contributed by atoms with Crippen LogP contribution in [0.25, 0.3) is 0 Å². The summed E-state index contributed by atoms with van der Waals surface area (Å²) in [4.78, 5) is 0. The number of aliphatic hydroxyl groups is 1. The van der Waals surface area contributed by atoms with Gasteiger partial charge in [-0.15, -0.1) is 0 Å². The van der Waals surface area contributed by atoms with Crippen molar-refractivity contribution in [3.05, 3.63) is 0 Å². The number of hydrogen-bond acceptors (Lipinski definition) is 1. The van der Waals surface area contributed by atoms with Crippen LogP contribution in [0.3, 0.4) is 0 Å². The number of alkyl halides is 13. The maximum Gasteiger partial charge on any atom is 0.135 e. The second kappa shape index (κ2) is 9.56. The average molecular weight is 1160 g/mol. The fourth-order valence-electron chi connectivity index (χ4n) is 1.04. The zero-order valence-electron chi connectivity index (χ0n) is 9.77. The lowest BCUT2D eigenvalue weighted by atomic mass is 10.1. The van der Waals surface area contributed by atoms with E-state index in [1.165, 1.54) is 0 Å². The monoisotopic (exact) mass is 1140 g/mol. The molecule has 0 aliphatic heterocycles. The van der Waals surface area contributed by atoms with Crippen molar-refractivity contribution in [2.75, 3.05) is 11.9 Å². The molecule has 0 aromatic rings. The molecule has 0 saturated heterocycles. The van der Waals surface area contributed by atoms with Crippen molar-refractivity contribution >= 4 is 207 Å². The van der Waals surface area contributed by atoms with Crippen molar-refractivity contribution in [1.82, 2.24) is 0 Å². The predicted molar refractivity (Wildman–Crippen MR) is 144 cm³/mol. The molecule has 1 nitrogen and oxygen atoms in total. The van der Waals surface area contributed by atoms with Crippen LogP contribution in [0.2, 0.25) is 0 Å². The summed E-state index contributed by atoms with van der Waals surface area (Å²) < 4.78 is -5.00. The van der Waals surface area contributed by atoms with Crippen molar-refractivity contribution in [1.29, 1.82) is 0 Å². The Hall–Kier alpha value is 6.20. The minimum atomic E-state index is -0.920. The minimum Gasteiger partial charge on any atom is -0.394 e. The molecule has 22 heavy (non-hydrogen) atoms. The molecule has 1 N–H and O–H groups in total. The molecule has 14 heteroatoms. The van der Waals surface area contributed by atoms with Gasteiger partial charge in [0.2, 0.25) is 0 Å². The van der Waals surface area contributed by atoms with Gasteiger partial charge in [-0.05, 0) is 0 Å². The summed E-state index contributed by atoms with van der Waals surface area (Å²) in [5.41, 5.74) is 0.